The van der Waals surface area contributed by atoms with Gasteiger partial charge in [0.05, 0.1) is 17.0 Å². The molecule has 1 spiro atoms. The molecule has 0 bridgehead atoms. The van der Waals surface area contributed by atoms with E-state index in [1.54, 1.807) is 17.0 Å². The van der Waals surface area contributed by atoms with E-state index in [9.17, 15) is 22.0 Å². The van der Waals surface area contributed by atoms with Crippen LogP contribution in [0.1, 0.15) is 28.8 Å². The Kier molecular flexibility index (Phi) is 6.71. The first kappa shape index (κ1) is 23.9. The van der Waals surface area contributed by atoms with Crippen LogP contribution in [0, 0.1) is 0 Å². The summed E-state index contributed by atoms with van der Waals surface area (Å²) in [5.41, 5.74) is 6.23. The number of amides is 1. The van der Waals surface area contributed by atoms with E-state index in [0.29, 0.717) is 44.0 Å². The van der Waals surface area contributed by atoms with Crippen molar-refractivity contribution in [2.45, 2.75) is 36.4 Å². The van der Waals surface area contributed by atoms with Crippen LogP contribution >= 0.6 is 0 Å². The zero-order valence-electron chi connectivity index (χ0n) is 18.2. The summed E-state index contributed by atoms with van der Waals surface area (Å²) in [7, 11) is -3.95. The van der Waals surface area contributed by atoms with Gasteiger partial charge in [0.15, 0.2) is 5.96 Å². The lowest BCUT2D eigenvalue weighted by Gasteiger charge is -2.39. The minimum absolute atomic E-state index is 0.0644. The molecule has 0 unspecified atom stereocenters. The molecule has 2 heterocycles. The van der Waals surface area contributed by atoms with Gasteiger partial charge in [-0.25, -0.2) is 13.1 Å². The number of alkyl halides is 2. The van der Waals surface area contributed by atoms with E-state index in [-0.39, 0.29) is 34.2 Å². The number of guanidine groups is 1. The maximum Gasteiger partial charge on any atom is 0.387 e. The minimum Gasteiger partial charge on any atom is -0.435 e. The lowest BCUT2D eigenvalue weighted by Crippen LogP contribution is -2.55. The second-order valence-electron chi connectivity index (χ2n) is 8.28. The standard InChI is InChI=1S/C22H25F2N5O4S/c23-20(24)33-17-5-1-3-15(11-17)13-27-34(31,32)18-6-2-4-16(12-18)19(30)29-9-7-22(8-10-29)14-26-21(25)28-22/h1-6,11-12,20,27H,7-10,13-14H2,(H3,25,26,28). The van der Waals surface area contributed by atoms with Crippen molar-refractivity contribution in [1.82, 2.24) is 14.9 Å². The van der Waals surface area contributed by atoms with Gasteiger partial charge in [-0.3, -0.25) is 9.79 Å². The number of nitrogens with two attached hydrogens (primary N) is 1. The molecule has 0 aliphatic carbocycles. The highest BCUT2D eigenvalue weighted by atomic mass is 32.2. The molecule has 1 saturated heterocycles. The molecular weight excluding hydrogens is 468 g/mol. The van der Waals surface area contributed by atoms with Crippen LogP contribution in [0.4, 0.5) is 8.78 Å². The Morgan fingerprint density at radius 1 is 1.21 bits per heavy atom. The Hall–Kier alpha value is -3.25. The van der Waals surface area contributed by atoms with E-state index in [4.69, 9.17) is 5.73 Å². The van der Waals surface area contributed by atoms with E-state index >= 15 is 0 Å². The predicted molar refractivity (Wildman–Crippen MR) is 121 cm³/mol. The Balaban J connectivity index is 1.40. The van der Waals surface area contributed by atoms with Gasteiger partial charge in [-0.15, -0.1) is 0 Å². The third-order valence-electron chi connectivity index (χ3n) is 5.93. The van der Waals surface area contributed by atoms with E-state index in [0.717, 1.165) is 0 Å². The van der Waals surface area contributed by atoms with Gasteiger partial charge in [-0.2, -0.15) is 8.78 Å². The second-order valence-corrected chi connectivity index (χ2v) is 10.0. The maximum atomic E-state index is 13.0. The number of carbonyl (C=O) groups excluding carboxylic acids is 1. The molecule has 0 aromatic heterocycles. The van der Waals surface area contributed by atoms with Crippen LogP contribution in [-0.4, -0.2) is 57.0 Å². The Bertz CT molecular complexity index is 1200. The number of halogens is 2. The third-order valence-corrected chi connectivity index (χ3v) is 7.33. The summed E-state index contributed by atoms with van der Waals surface area (Å²) in [6.07, 6.45) is 1.38. The lowest BCUT2D eigenvalue weighted by molar-refractivity contribution is -0.0498. The molecule has 2 aliphatic heterocycles. The Morgan fingerprint density at radius 2 is 1.94 bits per heavy atom. The molecule has 2 aromatic rings. The van der Waals surface area contributed by atoms with Crippen LogP contribution in [-0.2, 0) is 16.6 Å². The number of benzene rings is 2. The molecule has 12 heteroatoms. The molecule has 2 aliphatic rings. The van der Waals surface area contributed by atoms with Crippen LogP contribution in [0.3, 0.4) is 0 Å². The quantitative estimate of drug-likeness (QED) is 0.539. The smallest absolute Gasteiger partial charge is 0.387 e. The topological polar surface area (TPSA) is 126 Å². The van der Waals surface area contributed by atoms with Gasteiger partial charge in [0.1, 0.15) is 5.75 Å². The van der Waals surface area contributed by atoms with Crippen molar-refractivity contribution in [2.24, 2.45) is 10.7 Å². The molecule has 2 aromatic carbocycles. The zero-order valence-corrected chi connectivity index (χ0v) is 19.0. The molecule has 0 atom stereocenters. The number of likely N-dealkylation sites (tertiary alicyclic amines) is 1. The number of sulfonamides is 1. The normalized spacial score (nSPS) is 17.5. The van der Waals surface area contributed by atoms with Crippen molar-refractivity contribution in [1.29, 1.82) is 0 Å². The fraction of sp³-hybridized carbons (Fsp3) is 0.364. The van der Waals surface area contributed by atoms with Crippen LogP contribution in [0.5, 0.6) is 5.75 Å². The first-order valence-electron chi connectivity index (χ1n) is 10.7. The van der Waals surface area contributed by atoms with E-state index in [1.807, 2.05) is 0 Å². The monoisotopic (exact) mass is 493 g/mol. The molecule has 4 rings (SSSR count). The lowest BCUT2D eigenvalue weighted by atomic mass is 9.88. The van der Waals surface area contributed by atoms with Crippen LogP contribution in [0.2, 0.25) is 0 Å². The van der Waals surface area contributed by atoms with E-state index in [1.165, 1.54) is 36.4 Å². The number of nitrogens with zero attached hydrogens (tertiary/aromatic N) is 2. The molecule has 182 valence electrons. The number of carbonyl (C=O) groups is 1. The van der Waals surface area contributed by atoms with Crippen LogP contribution in [0.15, 0.2) is 58.4 Å². The van der Waals surface area contributed by atoms with Gasteiger partial charge in [0.2, 0.25) is 10.0 Å². The van der Waals surface area contributed by atoms with Gasteiger partial charge >= 0.3 is 6.61 Å². The number of hydrogen-bond donors (Lipinski definition) is 3. The molecule has 1 amide bonds. The zero-order chi connectivity index (χ0) is 24.3. The maximum absolute atomic E-state index is 13.0. The minimum atomic E-state index is -3.95. The number of piperidine rings is 1. The van der Waals surface area contributed by atoms with Gasteiger partial charge < -0.3 is 20.7 Å². The molecule has 9 nitrogen and oxygen atoms in total. The second kappa shape index (κ2) is 9.55. The summed E-state index contributed by atoms with van der Waals surface area (Å²) in [4.78, 5) is 18.8. The molecule has 34 heavy (non-hydrogen) atoms. The Labute approximate surface area is 196 Å². The van der Waals surface area contributed by atoms with Crippen molar-refractivity contribution < 1.29 is 26.7 Å². The van der Waals surface area contributed by atoms with Crippen molar-refractivity contribution in [3.8, 4) is 5.75 Å². The number of hydrogen-bond acceptors (Lipinski definition) is 7. The van der Waals surface area contributed by atoms with Gasteiger partial charge in [-0.05, 0) is 48.7 Å². The summed E-state index contributed by atoms with van der Waals surface area (Å²) in [5.74, 6) is 0.0961. The van der Waals surface area contributed by atoms with Gasteiger partial charge in [0, 0.05) is 25.2 Å². The first-order valence-corrected chi connectivity index (χ1v) is 12.2. The molecule has 0 saturated carbocycles. The fourth-order valence-corrected chi connectivity index (χ4v) is 5.14. The molecular formula is C22H25F2N5O4S. The van der Waals surface area contributed by atoms with Crippen molar-refractivity contribution in [3.05, 3.63) is 59.7 Å². The van der Waals surface area contributed by atoms with Crippen molar-refractivity contribution in [2.75, 3.05) is 19.6 Å². The Morgan fingerprint density at radius 3 is 2.62 bits per heavy atom. The van der Waals surface area contributed by atoms with Crippen molar-refractivity contribution >= 4 is 21.9 Å². The highest BCUT2D eigenvalue weighted by molar-refractivity contribution is 7.89. The van der Waals surface area contributed by atoms with Gasteiger partial charge in [0.25, 0.3) is 5.91 Å². The highest BCUT2D eigenvalue weighted by Gasteiger charge is 2.39. The molecule has 0 radical (unpaired) electrons. The van der Waals surface area contributed by atoms with E-state index < -0.39 is 16.6 Å². The average molecular weight is 494 g/mol. The number of rotatable bonds is 7. The fourth-order valence-electron chi connectivity index (χ4n) is 4.08. The largest absolute Gasteiger partial charge is 0.435 e. The van der Waals surface area contributed by atoms with Crippen molar-refractivity contribution in [3.63, 3.8) is 0 Å². The highest BCUT2D eigenvalue weighted by Crippen LogP contribution is 2.26. The summed E-state index contributed by atoms with van der Waals surface area (Å²) in [5, 5.41) is 3.19. The summed E-state index contributed by atoms with van der Waals surface area (Å²) in [6.45, 7) is -1.52. The summed E-state index contributed by atoms with van der Waals surface area (Å²) >= 11 is 0. The molecule has 1 fully saturated rings. The SMILES string of the molecule is NC1=NCC2(CCN(C(=O)c3cccc(S(=O)(=O)NCc4cccc(OC(F)F)c4)c3)CC2)N1. The number of ether oxygens (including phenoxy) is 1. The summed E-state index contributed by atoms with van der Waals surface area (Å²) in [6, 6.07) is 11.6. The first-order chi connectivity index (χ1) is 16.2. The van der Waals surface area contributed by atoms with Crippen LogP contribution in [0.25, 0.3) is 0 Å². The summed E-state index contributed by atoms with van der Waals surface area (Å²) < 4.78 is 57.2. The molecule has 4 N–H and O–H groups in total. The van der Waals surface area contributed by atoms with E-state index in [2.05, 4.69) is 19.8 Å². The number of nitrogens with one attached hydrogen (secondary N) is 2. The third kappa shape index (κ3) is 5.45. The number of aliphatic imine (C=N–C) groups is 1. The predicted octanol–water partition coefficient (Wildman–Crippen LogP) is 1.66. The van der Waals surface area contributed by atoms with Crippen LogP contribution < -0.4 is 20.5 Å². The van der Waals surface area contributed by atoms with Gasteiger partial charge in [-0.1, -0.05) is 18.2 Å². The average Bonchev–Trinajstić information content (AvgIpc) is 3.17.